The average Bonchev–Trinajstić information content (AvgIpc) is 3.11. The van der Waals surface area contributed by atoms with Crippen LogP contribution in [0.1, 0.15) is 32.1 Å². The lowest BCUT2D eigenvalue weighted by atomic mass is 10.1. The van der Waals surface area contributed by atoms with E-state index in [1.165, 1.54) is 0 Å². The molecule has 2 unspecified atom stereocenters. The number of aliphatic hydroxyl groups is 1. The van der Waals surface area contributed by atoms with E-state index in [0.29, 0.717) is 19.0 Å². The summed E-state index contributed by atoms with van der Waals surface area (Å²) in [5.74, 6) is -0.578. The van der Waals surface area contributed by atoms with Gasteiger partial charge in [0.15, 0.2) is 0 Å². The Morgan fingerprint density at radius 3 is 2.61 bits per heavy atom. The predicted octanol–water partition coefficient (Wildman–Crippen LogP) is 0.406. The summed E-state index contributed by atoms with van der Waals surface area (Å²) in [5.41, 5.74) is 0. The molecule has 18 heavy (non-hydrogen) atoms. The number of nitrogens with one attached hydrogen (secondary N) is 1. The largest absolute Gasteiger partial charge is 0.481 e. The Morgan fingerprint density at radius 2 is 2.06 bits per heavy atom. The van der Waals surface area contributed by atoms with Crippen molar-refractivity contribution < 1.29 is 19.8 Å². The summed E-state index contributed by atoms with van der Waals surface area (Å²) >= 11 is 0. The molecule has 0 radical (unpaired) electrons. The van der Waals surface area contributed by atoms with Gasteiger partial charge >= 0.3 is 12.0 Å². The molecule has 2 rings (SSSR count). The van der Waals surface area contributed by atoms with Gasteiger partial charge in [-0.3, -0.25) is 4.79 Å². The number of piperidine rings is 1. The summed E-state index contributed by atoms with van der Waals surface area (Å²) < 4.78 is 0. The van der Waals surface area contributed by atoms with Crippen LogP contribution in [0.25, 0.3) is 0 Å². The van der Waals surface area contributed by atoms with Gasteiger partial charge in [-0.2, -0.15) is 0 Å². The summed E-state index contributed by atoms with van der Waals surface area (Å²) in [4.78, 5) is 24.3. The third-order valence-electron chi connectivity index (χ3n) is 3.58. The van der Waals surface area contributed by atoms with E-state index in [2.05, 4.69) is 5.32 Å². The number of amides is 2. The zero-order valence-corrected chi connectivity index (χ0v) is 10.3. The standard InChI is InChI=1S/C12H20N2O4/c15-9-2-1-5-14(7-9)12(18)13-10(6-11(16)17)8-3-4-8/h8-10,15H,1-7H2,(H,13,18)(H,16,17). The Morgan fingerprint density at radius 1 is 1.33 bits per heavy atom. The van der Waals surface area contributed by atoms with Gasteiger partial charge in [0.1, 0.15) is 0 Å². The normalized spacial score (nSPS) is 25.6. The van der Waals surface area contributed by atoms with E-state index in [-0.39, 0.29) is 18.5 Å². The molecule has 0 aromatic rings. The van der Waals surface area contributed by atoms with E-state index in [1.807, 2.05) is 0 Å². The fraction of sp³-hybridized carbons (Fsp3) is 0.833. The quantitative estimate of drug-likeness (QED) is 0.679. The number of likely N-dealkylation sites (tertiary alicyclic amines) is 1. The van der Waals surface area contributed by atoms with Crippen LogP contribution in [0.5, 0.6) is 0 Å². The predicted molar refractivity (Wildman–Crippen MR) is 64.1 cm³/mol. The first kappa shape index (κ1) is 13.1. The van der Waals surface area contributed by atoms with Crippen molar-refractivity contribution in [1.82, 2.24) is 10.2 Å². The van der Waals surface area contributed by atoms with E-state index >= 15 is 0 Å². The van der Waals surface area contributed by atoms with Crippen LogP contribution in [-0.4, -0.2) is 52.3 Å². The highest BCUT2D eigenvalue weighted by Crippen LogP contribution is 2.34. The van der Waals surface area contributed by atoms with Gasteiger partial charge < -0.3 is 20.4 Å². The summed E-state index contributed by atoms with van der Waals surface area (Å²) in [5, 5.41) is 21.1. The van der Waals surface area contributed by atoms with Crippen molar-refractivity contribution in [2.24, 2.45) is 5.92 Å². The highest BCUT2D eigenvalue weighted by atomic mass is 16.4. The maximum atomic E-state index is 12.0. The number of hydrogen-bond donors (Lipinski definition) is 3. The minimum absolute atomic E-state index is 0.0210. The van der Waals surface area contributed by atoms with Crippen molar-refractivity contribution in [3.63, 3.8) is 0 Å². The third-order valence-corrected chi connectivity index (χ3v) is 3.58. The molecule has 2 amide bonds. The number of rotatable bonds is 4. The number of carbonyl (C=O) groups excluding carboxylic acids is 1. The number of β-amino-alcohol motifs (C(OH)–C–C–N with tert-alkyl or cyclic N) is 1. The molecule has 1 saturated heterocycles. The van der Waals surface area contributed by atoms with Crippen LogP contribution < -0.4 is 5.32 Å². The van der Waals surface area contributed by atoms with Gasteiger partial charge in [-0.25, -0.2) is 4.79 Å². The Bertz CT molecular complexity index is 330. The molecule has 0 aromatic carbocycles. The molecule has 0 bridgehead atoms. The topological polar surface area (TPSA) is 89.9 Å². The van der Waals surface area contributed by atoms with Crippen LogP contribution in [-0.2, 0) is 4.79 Å². The molecular formula is C12H20N2O4. The molecule has 1 aliphatic heterocycles. The van der Waals surface area contributed by atoms with Crippen LogP contribution in [0.4, 0.5) is 4.79 Å². The smallest absolute Gasteiger partial charge is 0.317 e. The molecule has 2 atom stereocenters. The number of carbonyl (C=O) groups is 2. The Labute approximate surface area is 106 Å². The van der Waals surface area contributed by atoms with Crippen LogP contribution in [0.2, 0.25) is 0 Å². The maximum Gasteiger partial charge on any atom is 0.317 e. The fourth-order valence-electron chi connectivity index (χ4n) is 2.41. The minimum Gasteiger partial charge on any atom is -0.481 e. The Hall–Kier alpha value is -1.30. The maximum absolute atomic E-state index is 12.0. The van der Waals surface area contributed by atoms with Gasteiger partial charge in [0.25, 0.3) is 0 Å². The molecule has 6 heteroatoms. The lowest BCUT2D eigenvalue weighted by Crippen LogP contribution is -2.50. The van der Waals surface area contributed by atoms with E-state index < -0.39 is 12.1 Å². The van der Waals surface area contributed by atoms with Crippen LogP contribution in [0, 0.1) is 5.92 Å². The average molecular weight is 256 g/mol. The van der Waals surface area contributed by atoms with Gasteiger partial charge in [-0.1, -0.05) is 0 Å². The van der Waals surface area contributed by atoms with Gasteiger partial charge in [-0.15, -0.1) is 0 Å². The van der Waals surface area contributed by atoms with Crippen molar-refractivity contribution in [2.75, 3.05) is 13.1 Å². The highest BCUT2D eigenvalue weighted by Gasteiger charge is 2.35. The zero-order valence-electron chi connectivity index (χ0n) is 10.3. The van der Waals surface area contributed by atoms with Crippen molar-refractivity contribution in [1.29, 1.82) is 0 Å². The first-order valence-electron chi connectivity index (χ1n) is 6.51. The van der Waals surface area contributed by atoms with E-state index in [9.17, 15) is 14.7 Å². The molecule has 1 aliphatic carbocycles. The Balaban J connectivity index is 1.85. The molecule has 1 saturated carbocycles. The number of aliphatic hydroxyl groups excluding tert-OH is 1. The monoisotopic (exact) mass is 256 g/mol. The minimum atomic E-state index is -0.883. The van der Waals surface area contributed by atoms with Crippen LogP contribution in [0.3, 0.4) is 0 Å². The lowest BCUT2D eigenvalue weighted by molar-refractivity contribution is -0.137. The van der Waals surface area contributed by atoms with E-state index in [4.69, 9.17) is 5.11 Å². The Kier molecular flexibility index (Phi) is 4.06. The summed E-state index contributed by atoms with van der Waals surface area (Å²) in [6.45, 7) is 0.976. The van der Waals surface area contributed by atoms with Crippen molar-refractivity contribution in [3.05, 3.63) is 0 Å². The molecule has 2 fully saturated rings. The number of aliphatic carboxylic acids is 1. The molecule has 102 valence electrons. The van der Waals surface area contributed by atoms with Gasteiger partial charge in [-0.05, 0) is 31.6 Å². The summed E-state index contributed by atoms with van der Waals surface area (Å²) in [7, 11) is 0. The molecule has 1 heterocycles. The fourth-order valence-corrected chi connectivity index (χ4v) is 2.41. The third kappa shape index (κ3) is 3.60. The van der Waals surface area contributed by atoms with Crippen molar-refractivity contribution in [2.45, 2.75) is 44.2 Å². The SMILES string of the molecule is O=C(O)CC(NC(=O)N1CCCC(O)C1)C1CC1. The second-order valence-electron chi connectivity index (χ2n) is 5.23. The molecular weight excluding hydrogens is 236 g/mol. The van der Waals surface area contributed by atoms with Crippen molar-refractivity contribution in [3.8, 4) is 0 Å². The number of carboxylic acids is 1. The van der Waals surface area contributed by atoms with Crippen LogP contribution in [0.15, 0.2) is 0 Å². The number of hydrogen-bond acceptors (Lipinski definition) is 3. The lowest BCUT2D eigenvalue weighted by Gasteiger charge is -2.31. The number of urea groups is 1. The highest BCUT2D eigenvalue weighted by molar-refractivity contribution is 5.76. The first-order valence-corrected chi connectivity index (χ1v) is 6.51. The summed E-state index contributed by atoms with van der Waals surface area (Å²) in [6, 6.07) is -0.513. The number of nitrogens with zero attached hydrogens (tertiary/aromatic N) is 1. The second-order valence-corrected chi connectivity index (χ2v) is 5.23. The molecule has 6 nitrogen and oxygen atoms in total. The van der Waals surface area contributed by atoms with E-state index in [0.717, 1.165) is 25.7 Å². The van der Waals surface area contributed by atoms with Gasteiger partial charge in [0, 0.05) is 19.1 Å². The molecule has 2 aliphatic rings. The van der Waals surface area contributed by atoms with Gasteiger partial charge in [0.05, 0.1) is 12.5 Å². The number of carboxylic acid groups (broad SMARTS) is 1. The second kappa shape index (κ2) is 5.56. The molecule has 3 N–H and O–H groups in total. The van der Waals surface area contributed by atoms with Crippen LogP contribution >= 0.6 is 0 Å². The van der Waals surface area contributed by atoms with E-state index in [1.54, 1.807) is 4.90 Å². The van der Waals surface area contributed by atoms with Gasteiger partial charge in [0.2, 0.25) is 0 Å². The first-order chi connectivity index (χ1) is 8.56. The zero-order chi connectivity index (χ0) is 13.1. The molecule has 0 spiro atoms. The molecule has 0 aromatic heterocycles. The van der Waals surface area contributed by atoms with Crippen molar-refractivity contribution >= 4 is 12.0 Å². The summed E-state index contributed by atoms with van der Waals surface area (Å²) in [6.07, 6.45) is 3.02.